The highest BCUT2D eigenvalue weighted by molar-refractivity contribution is 5.94. The van der Waals surface area contributed by atoms with Crippen molar-refractivity contribution < 1.29 is 4.79 Å². The van der Waals surface area contributed by atoms with Gasteiger partial charge in [-0.2, -0.15) is 0 Å². The Balaban J connectivity index is 1.82. The maximum Gasteiger partial charge on any atom is 0.154 e. The summed E-state index contributed by atoms with van der Waals surface area (Å²) in [5.74, 6) is 0.420. The highest BCUT2D eigenvalue weighted by Crippen LogP contribution is 2.53. The number of carbonyl (C=O) groups excluding carboxylic acids is 1. The Morgan fingerprint density at radius 1 is 1.05 bits per heavy atom. The van der Waals surface area contributed by atoms with Crippen molar-refractivity contribution in [3.05, 3.63) is 48.0 Å². The van der Waals surface area contributed by atoms with Crippen LogP contribution in [-0.4, -0.2) is 18.9 Å². The number of fused-ring (bicyclic) bond motifs is 1. The lowest BCUT2D eigenvalue weighted by molar-refractivity contribution is -0.119. The Morgan fingerprint density at radius 3 is 2.70 bits per heavy atom. The average Bonchev–Trinajstić information content (AvgIpc) is 3.26. The molecule has 102 valence electrons. The van der Waals surface area contributed by atoms with E-state index >= 15 is 0 Å². The van der Waals surface area contributed by atoms with Crippen LogP contribution in [0.25, 0.3) is 10.8 Å². The van der Waals surface area contributed by atoms with Crippen LogP contribution in [0.1, 0.15) is 30.7 Å². The minimum absolute atomic E-state index is 0.0681. The molecule has 1 aliphatic heterocycles. The first-order valence-corrected chi connectivity index (χ1v) is 7.49. The molecule has 2 aliphatic rings. The predicted octanol–water partition coefficient (Wildman–Crippen LogP) is 3.27. The molecule has 2 fully saturated rings. The summed E-state index contributed by atoms with van der Waals surface area (Å²) in [6.07, 6.45) is 3.57. The molecule has 1 spiro atoms. The largest absolute Gasteiger partial charge is 0.309 e. The highest BCUT2D eigenvalue weighted by atomic mass is 16.1. The standard InChI is InChI=1S/C18H19NO/c20-17-11-19-12-18(8-9-18)10-16(17)15-7-3-5-13-4-1-2-6-14(13)15/h1-7,16,19H,8-12H2. The van der Waals surface area contributed by atoms with Gasteiger partial charge in [-0.05, 0) is 41.0 Å². The van der Waals surface area contributed by atoms with Gasteiger partial charge in [-0.3, -0.25) is 4.79 Å². The van der Waals surface area contributed by atoms with Crippen LogP contribution in [0.5, 0.6) is 0 Å². The van der Waals surface area contributed by atoms with Crippen molar-refractivity contribution in [3.8, 4) is 0 Å². The molecular weight excluding hydrogens is 246 g/mol. The smallest absolute Gasteiger partial charge is 0.154 e. The van der Waals surface area contributed by atoms with E-state index in [1.165, 1.54) is 29.2 Å². The number of carbonyl (C=O) groups is 1. The molecule has 1 N–H and O–H groups in total. The molecule has 0 bridgehead atoms. The van der Waals surface area contributed by atoms with E-state index in [0.717, 1.165) is 13.0 Å². The molecule has 0 radical (unpaired) electrons. The van der Waals surface area contributed by atoms with Gasteiger partial charge in [0, 0.05) is 12.5 Å². The van der Waals surface area contributed by atoms with E-state index in [9.17, 15) is 4.79 Å². The van der Waals surface area contributed by atoms with Crippen molar-refractivity contribution in [3.63, 3.8) is 0 Å². The van der Waals surface area contributed by atoms with Crippen LogP contribution >= 0.6 is 0 Å². The van der Waals surface area contributed by atoms with E-state index in [4.69, 9.17) is 0 Å². The van der Waals surface area contributed by atoms with E-state index in [1.807, 2.05) is 0 Å². The third-order valence-electron chi connectivity index (χ3n) is 4.98. The van der Waals surface area contributed by atoms with Gasteiger partial charge in [0.15, 0.2) is 5.78 Å². The third kappa shape index (κ3) is 1.95. The van der Waals surface area contributed by atoms with E-state index in [2.05, 4.69) is 47.8 Å². The lowest BCUT2D eigenvalue weighted by Crippen LogP contribution is -2.25. The highest BCUT2D eigenvalue weighted by Gasteiger charge is 2.47. The zero-order valence-electron chi connectivity index (χ0n) is 11.6. The van der Waals surface area contributed by atoms with Gasteiger partial charge in [0.1, 0.15) is 0 Å². The van der Waals surface area contributed by atoms with Crippen LogP contribution in [-0.2, 0) is 4.79 Å². The molecular formula is C18H19NO. The van der Waals surface area contributed by atoms with E-state index in [0.29, 0.717) is 17.7 Å². The molecule has 2 nitrogen and oxygen atoms in total. The van der Waals surface area contributed by atoms with Crippen molar-refractivity contribution in [2.45, 2.75) is 25.2 Å². The maximum atomic E-state index is 12.5. The van der Waals surface area contributed by atoms with Gasteiger partial charge < -0.3 is 5.32 Å². The summed E-state index contributed by atoms with van der Waals surface area (Å²) in [6.45, 7) is 1.54. The molecule has 0 aromatic heterocycles. The lowest BCUT2D eigenvalue weighted by Gasteiger charge is -2.19. The minimum Gasteiger partial charge on any atom is -0.309 e. The number of Topliss-reactive ketones (excluding diaryl/α,β-unsaturated/α-hetero) is 1. The zero-order valence-corrected chi connectivity index (χ0v) is 11.6. The van der Waals surface area contributed by atoms with E-state index in [1.54, 1.807) is 0 Å². The first kappa shape index (κ1) is 12.1. The van der Waals surface area contributed by atoms with Crippen LogP contribution in [0.15, 0.2) is 42.5 Å². The molecule has 1 saturated heterocycles. The monoisotopic (exact) mass is 265 g/mol. The number of rotatable bonds is 1. The Kier molecular flexibility index (Phi) is 2.67. The SMILES string of the molecule is O=C1CNCC2(CC2)CC1c1cccc2ccccc12. The van der Waals surface area contributed by atoms with Gasteiger partial charge in [0.25, 0.3) is 0 Å². The Morgan fingerprint density at radius 2 is 1.85 bits per heavy atom. The van der Waals surface area contributed by atoms with E-state index < -0.39 is 0 Å². The lowest BCUT2D eigenvalue weighted by atomic mass is 9.83. The quantitative estimate of drug-likeness (QED) is 0.857. The molecule has 0 amide bonds. The molecule has 1 heterocycles. The number of hydrogen-bond donors (Lipinski definition) is 1. The van der Waals surface area contributed by atoms with Crippen LogP contribution in [0.2, 0.25) is 0 Å². The topological polar surface area (TPSA) is 29.1 Å². The molecule has 2 aromatic rings. The number of hydrogen-bond acceptors (Lipinski definition) is 2. The summed E-state index contributed by atoms with van der Waals surface area (Å²) in [6, 6.07) is 14.8. The van der Waals surface area contributed by atoms with E-state index in [-0.39, 0.29) is 5.92 Å². The normalized spacial score (nSPS) is 24.8. The van der Waals surface area contributed by atoms with Crippen molar-refractivity contribution >= 4 is 16.6 Å². The first-order chi connectivity index (χ1) is 9.77. The van der Waals surface area contributed by atoms with Gasteiger partial charge in [0.05, 0.1) is 6.54 Å². The summed E-state index contributed by atoms with van der Waals surface area (Å²) in [7, 11) is 0. The average molecular weight is 265 g/mol. The van der Waals surface area contributed by atoms with Crippen LogP contribution < -0.4 is 5.32 Å². The number of nitrogens with one attached hydrogen (secondary N) is 1. The molecule has 1 atom stereocenters. The van der Waals surface area contributed by atoms with Crippen molar-refractivity contribution in [1.29, 1.82) is 0 Å². The Bertz CT molecular complexity index is 667. The van der Waals surface area contributed by atoms with Gasteiger partial charge >= 0.3 is 0 Å². The Labute approximate surface area is 119 Å². The predicted molar refractivity (Wildman–Crippen MR) is 80.8 cm³/mol. The molecule has 2 heteroatoms. The second-order valence-corrected chi connectivity index (χ2v) is 6.39. The molecule has 1 unspecified atom stereocenters. The van der Waals surface area contributed by atoms with Gasteiger partial charge in [0.2, 0.25) is 0 Å². The zero-order chi connectivity index (χ0) is 13.6. The van der Waals surface area contributed by atoms with Crippen LogP contribution in [0.3, 0.4) is 0 Å². The summed E-state index contributed by atoms with van der Waals surface area (Å²) in [5.41, 5.74) is 1.62. The first-order valence-electron chi connectivity index (χ1n) is 7.49. The van der Waals surface area contributed by atoms with Crippen molar-refractivity contribution in [1.82, 2.24) is 5.32 Å². The van der Waals surface area contributed by atoms with Gasteiger partial charge in [-0.1, -0.05) is 42.5 Å². The van der Waals surface area contributed by atoms with Crippen LogP contribution in [0, 0.1) is 5.41 Å². The summed E-state index contributed by atoms with van der Waals surface area (Å²) < 4.78 is 0. The molecule has 20 heavy (non-hydrogen) atoms. The second-order valence-electron chi connectivity index (χ2n) is 6.39. The number of ketones is 1. The molecule has 2 aromatic carbocycles. The summed E-state index contributed by atoms with van der Waals surface area (Å²) >= 11 is 0. The second kappa shape index (κ2) is 4.42. The van der Waals surface area contributed by atoms with Gasteiger partial charge in [-0.15, -0.1) is 0 Å². The fourth-order valence-corrected chi connectivity index (χ4v) is 3.59. The minimum atomic E-state index is 0.0681. The fourth-order valence-electron chi connectivity index (χ4n) is 3.59. The fraction of sp³-hybridized carbons (Fsp3) is 0.389. The van der Waals surface area contributed by atoms with Crippen molar-refractivity contribution in [2.24, 2.45) is 5.41 Å². The summed E-state index contributed by atoms with van der Waals surface area (Å²) in [5, 5.41) is 5.83. The van der Waals surface area contributed by atoms with Crippen molar-refractivity contribution in [2.75, 3.05) is 13.1 Å². The van der Waals surface area contributed by atoms with Crippen LogP contribution in [0.4, 0.5) is 0 Å². The molecule has 4 rings (SSSR count). The molecule has 1 saturated carbocycles. The maximum absolute atomic E-state index is 12.5. The summed E-state index contributed by atoms with van der Waals surface area (Å²) in [4.78, 5) is 12.5. The third-order valence-corrected chi connectivity index (χ3v) is 4.98. The number of benzene rings is 2. The Hall–Kier alpha value is -1.67. The molecule has 1 aliphatic carbocycles. The van der Waals surface area contributed by atoms with Gasteiger partial charge in [-0.25, -0.2) is 0 Å².